The summed E-state index contributed by atoms with van der Waals surface area (Å²) in [6, 6.07) is 3.50. The molecule has 0 saturated carbocycles. The van der Waals surface area contributed by atoms with Gasteiger partial charge in [0.15, 0.2) is 5.82 Å². The zero-order chi connectivity index (χ0) is 25.7. The molecule has 10 nitrogen and oxygen atoms in total. The zero-order valence-electron chi connectivity index (χ0n) is 19.9. The average molecular weight is 508 g/mol. The lowest BCUT2D eigenvalue weighted by Crippen LogP contribution is -2.37. The Labute approximate surface area is 204 Å². The minimum atomic E-state index is -1.56. The Morgan fingerprint density at radius 3 is 2.63 bits per heavy atom. The zero-order valence-corrected chi connectivity index (χ0v) is 20.7. The van der Waals surface area contributed by atoms with Crippen LogP contribution in [0.5, 0.6) is 0 Å². The molecule has 3 N–H and O–H groups in total. The molecule has 13 heteroatoms. The first-order valence-electron chi connectivity index (χ1n) is 10.7. The molecule has 1 amide bonds. The summed E-state index contributed by atoms with van der Waals surface area (Å²) in [5.74, 6) is -1.48. The predicted octanol–water partition coefficient (Wildman–Crippen LogP) is 3.73. The van der Waals surface area contributed by atoms with E-state index in [1.807, 2.05) is 13.8 Å². The maximum absolute atomic E-state index is 15.3. The van der Waals surface area contributed by atoms with Crippen LogP contribution in [-0.2, 0) is 15.7 Å². The molecule has 188 valence electrons. The fourth-order valence-corrected chi connectivity index (χ4v) is 3.65. The van der Waals surface area contributed by atoms with Gasteiger partial charge >= 0.3 is 6.09 Å². The van der Waals surface area contributed by atoms with Gasteiger partial charge in [-0.1, -0.05) is 0 Å². The molecule has 2 heterocycles. The first-order valence-corrected chi connectivity index (χ1v) is 12.3. The number of rotatable bonds is 9. The van der Waals surface area contributed by atoms with Gasteiger partial charge in [0.1, 0.15) is 22.5 Å². The number of halogens is 2. The Morgan fingerprint density at radius 2 is 1.97 bits per heavy atom. The van der Waals surface area contributed by atoms with Crippen LogP contribution in [-0.4, -0.2) is 56.0 Å². The molecule has 1 unspecified atom stereocenters. The standard InChI is InChI=1S/C22H27F2N7O3S/c1-12(2)31-11-14(16-8-9-25-21(28-16)26-10-13(3)27-22(32)34-4)20(29-31)18-15(23)6-7-17(19(18)24)30-35(5)33/h6-9,11-13,30H,10H2,1-5H3,(H,27,32)(H,25,26,28)/t13-,35?/m0/s1. The molecule has 3 aromatic rings. The third-order valence-electron chi connectivity index (χ3n) is 4.89. The maximum Gasteiger partial charge on any atom is 0.407 e. The van der Waals surface area contributed by atoms with E-state index in [1.54, 1.807) is 23.9 Å². The number of amides is 1. The summed E-state index contributed by atoms with van der Waals surface area (Å²) in [7, 11) is -0.283. The van der Waals surface area contributed by atoms with Crippen molar-refractivity contribution >= 4 is 28.7 Å². The van der Waals surface area contributed by atoms with Crippen molar-refractivity contribution in [3.05, 3.63) is 42.2 Å². The molecule has 0 radical (unpaired) electrons. The highest BCUT2D eigenvalue weighted by atomic mass is 32.2. The van der Waals surface area contributed by atoms with Crippen LogP contribution >= 0.6 is 0 Å². The van der Waals surface area contributed by atoms with Gasteiger partial charge in [0.05, 0.1) is 24.1 Å². The van der Waals surface area contributed by atoms with Crippen molar-refractivity contribution in [2.24, 2.45) is 0 Å². The Bertz CT molecular complexity index is 1240. The summed E-state index contributed by atoms with van der Waals surface area (Å²) in [6.45, 7) is 5.85. The minimum Gasteiger partial charge on any atom is -0.453 e. The van der Waals surface area contributed by atoms with Crippen molar-refractivity contribution < 1.29 is 22.5 Å². The third kappa shape index (κ3) is 6.29. The van der Waals surface area contributed by atoms with Crippen LogP contribution in [0, 0.1) is 11.6 Å². The molecule has 1 aromatic carbocycles. The van der Waals surface area contributed by atoms with Gasteiger partial charge in [-0.05, 0) is 39.0 Å². The normalized spacial score (nSPS) is 12.8. The number of carbonyl (C=O) groups excluding carboxylic acids is 1. The molecule has 0 aliphatic carbocycles. The summed E-state index contributed by atoms with van der Waals surface area (Å²) in [5, 5.41) is 10.1. The summed E-state index contributed by atoms with van der Waals surface area (Å²) in [6.07, 6.45) is 3.94. The van der Waals surface area contributed by atoms with Gasteiger partial charge in [-0.2, -0.15) is 5.10 Å². The second kappa shape index (κ2) is 11.2. The number of nitrogens with one attached hydrogen (secondary N) is 3. The van der Waals surface area contributed by atoms with Gasteiger partial charge in [0.2, 0.25) is 5.95 Å². The second-order valence-corrected chi connectivity index (χ2v) is 9.10. The van der Waals surface area contributed by atoms with Crippen molar-refractivity contribution in [1.82, 2.24) is 25.1 Å². The number of ether oxygens (including phenoxy) is 1. The number of hydrogen-bond donors (Lipinski definition) is 3. The van der Waals surface area contributed by atoms with E-state index < -0.39 is 28.7 Å². The predicted molar refractivity (Wildman–Crippen MR) is 130 cm³/mol. The number of aromatic nitrogens is 4. The summed E-state index contributed by atoms with van der Waals surface area (Å²) in [4.78, 5) is 20.0. The highest BCUT2D eigenvalue weighted by Crippen LogP contribution is 2.36. The van der Waals surface area contributed by atoms with Gasteiger partial charge in [-0.15, -0.1) is 0 Å². The molecule has 0 saturated heterocycles. The van der Waals surface area contributed by atoms with Crippen molar-refractivity contribution in [1.29, 1.82) is 0 Å². The van der Waals surface area contributed by atoms with E-state index in [0.717, 1.165) is 6.07 Å². The van der Waals surface area contributed by atoms with E-state index in [-0.39, 0.29) is 35.0 Å². The van der Waals surface area contributed by atoms with Gasteiger partial charge in [-0.25, -0.2) is 27.8 Å². The van der Waals surface area contributed by atoms with E-state index >= 15 is 4.39 Å². The highest BCUT2D eigenvalue weighted by Gasteiger charge is 2.24. The van der Waals surface area contributed by atoms with Gasteiger partial charge < -0.3 is 20.1 Å². The van der Waals surface area contributed by atoms with E-state index in [4.69, 9.17) is 0 Å². The number of carbonyl (C=O) groups is 1. The summed E-state index contributed by atoms with van der Waals surface area (Å²) in [5.41, 5.74) is 0.347. The van der Waals surface area contributed by atoms with Crippen LogP contribution in [0.4, 0.5) is 25.2 Å². The number of anilines is 2. The van der Waals surface area contributed by atoms with E-state index in [2.05, 4.69) is 35.2 Å². The van der Waals surface area contributed by atoms with Crippen LogP contribution in [0.1, 0.15) is 26.8 Å². The minimum absolute atomic E-state index is 0.0459. The number of alkyl carbamates (subject to hydrolysis) is 1. The third-order valence-corrected chi connectivity index (χ3v) is 5.40. The molecular weight excluding hydrogens is 480 g/mol. The lowest BCUT2D eigenvalue weighted by molar-refractivity contribution is 0.168. The quantitative estimate of drug-likeness (QED) is 0.403. The van der Waals surface area contributed by atoms with Crippen LogP contribution in [0.25, 0.3) is 22.5 Å². The molecule has 0 aliphatic heterocycles. The topological polar surface area (TPSA) is 123 Å². The Hall–Kier alpha value is -3.61. The van der Waals surface area contributed by atoms with Gasteiger partial charge in [-0.3, -0.25) is 4.68 Å². The fraction of sp³-hybridized carbons (Fsp3) is 0.364. The summed E-state index contributed by atoms with van der Waals surface area (Å²) >= 11 is 0. The van der Waals surface area contributed by atoms with Crippen molar-refractivity contribution in [3.8, 4) is 22.5 Å². The first kappa shape index (κ1) is 26.0. The first-order chi connectivity index (χ1) is 16.6. The van der Waals surface area contributed by atoms with Gasteiger partial charge in [0, 0.05) is 42.8 Å². The lowest BCUT2D eigenvalue weighted by Gasteiger charge is -2.14. The van der Waals surface area contributed by atoms with E-state index in [1.165, 1.54) is 25.6 Å². The van der Waals surface area contributed by atoms with Crippen molar-refractivity contribution in [3.63, 3.8) is 0 Å². The lowest BCUT2D eigenvalue weighted by atomic mass is 10.0. The van der Waals surface area contributed by atoms with Crippen LogP contribution in [0.3, 0.4) is 0 Å². The molecule has 2 aromatic heterocycles. The summed E-state index contributed by atoms with van der Waals surface area (Å²) < 4.78 is 50.4. The number of benzene rings is 1. The average Bonchev–Trinajstić information content (AvgIpc) is 3.25. The molecule has 0 fully saturated rings. The van der Waals surface area contributed by atoms with Gasteiger partial charge in [0.25, 0.3) is 0 Å². The molecule has 35 heavy (non-hydrogen) atoms. The molecule has 0 aliphatic rings. The highest BCUT2D eigenvalue weighted by molar-refractivity contribution is 7.85. The van der Waals surface area contributed by atoms with Crippen molar-refractivity contribution in [2.75, 3.05) is 29.9 Å². The second-order valence-electron chi connectivity index (χ2n) is 7.99. The molecular formula is C22H27F2N7O3S. The van der Waals surface area contributed by atoms with E-state index in [9.17, 15) is 13.4 Å². The Morgan fingerprint density at radius 1 is 1.23 bits per heavy atom. The molecule has 2 atom stereocenters. The van der Waals surface area contributed by atoms with Crippen LogP contribution in [0.15, 0.2) is 30.6 Å². The Kier molecular flexibility index (Phi) is 8.33. The molecule has 0 bridgehead atoms. The Balaban J connectivity index is 2.01. The number of hydrogen-bond acceptors (Lipinski definition) is 7. The number of nitrogens with zero attached hydrogens (tertiary/aromatic N) is 4. The smallest absolute Gasteiger partial charge is 0.407 e. The largest absolute Gasteiger partial charge is 0.453 e. The maximum atomic E-state index is 15.3. The SMILES string of the molecule is COC(=O)N[C@@H](C)CNc1nccc(-c2cn(C(C)C)nc2-c2c(F)ccc(NS(C)=O)c2F)n1. The number of methoxy groups -OCH3 is 1. The molecule has 3 rings (SSSR count). The fourth-order valence-electron chi connectivity index (χ4n) is 3.18. The van der Waals surface area contributed by atoms with Crippen LogP contribution < -0.4 is 15.4 Å². The monoisotopic (exact) mass is 507 g/mol. The van der Waals surface area contributed by atoms with Crippen molar-refractivity contribution in [2.45, 2.75) is 32.9 Å². The van der Waals surface area contributed by atoms with E-state index in [0.29, 0.717) is 17.8 Å². The molecule has 0 spiro atoms. The van der Waals surface area contributed by atoms with Crippen LogP contribution in [0.2, 0.25) is 0 Å².